The lowest BCUT2D eigenvalue weighted by Crippen LogP contribution is -2.18. The van der Waals surface area contributed by atoms with Gasteiger partial charge in [-0.1, -0.05) is 12.1 Å². The van der Waals surface area contributed by atoms with Crippen LogP contribution in [0.3, 0.4) is 0 Å². The topological polar surface area (TPSA) is 87.9 Å². The third-order valence-electron chi connectivity index (χ3n) is 3.76. The molecule has 1 heterocycles. The van der Waals surface area contributed by atoms with E-state index in [2.05, 4.69) is 0 Å². The second kappa shape index (κ2) is 8.03. The molecule has 0 saturated carbocycles. The molecule has 0 unspecified atom stereocenters. The number of hydrogen-bond acceptors (Lipinski definition) is 6. The summed E-state index contributed by atoms with van der Waals surface area (Å²) in [5, 5.41) is 11.3. The predicted octanol–water partition coefficient (Wildman–Crippen LogP) is 3.32. The van der Waals surface area contributed by atoms with Gasteiger partial charge in [0.25, 0.3) is 0 Å². The average molecular weight is 361 g/mol. The summed E-state index contributed by atoms with van der Waals surface area (Å²) in [6, 6.07) is 9.53. The minimum atomic E-state index is -0.683. The van der Waals surface area contributed by atoms with E-state index in [0.29, 0.717) is 24.3 Å². The maximum atomic E-state index is 12.9. The molecule has 0 N–H and O–H groups in total. The van der Waals surface area contributed by atoms with E-state index in [9.17, 15) is 19.3 Å². The van der Waals surface area contributed by atoms with Crippen molar-refractivity contribution in [2.75, 3.05) is 13.2 Å². The first-order valence-corrected chi connectivity index (χ1v) is 7.99. The molecule has 0 aromatic heterocycles. The van der Waals surface area contributed by atoms with E-state index in [4.69, 9.17) is 14.2 Å². The lowest BCUT2D eigenvalue weighted by atomic mass is 10.1. The van der Waals surface area contributed by atoms with Gasteiger partial charge < -0.3 is 14.2 Å². The minimum Gasteiger partial charge on any atom is -0.419 e. The van der Waals surface area contributed by atoms with E-state index in [1.807, 2.05) is 0 Å². The van der Waals surface area contributed by atoms with E-state index in [1.165, 1.54) is 36.4 Å². The predicted molar refractivity (Wildman–Crippen MR) is 88.1 cm³/mol. The number of halogens is 1. The van der Waals surface area contributed by atoms with Gasteiger partial charge in [0.05, 0.1) is 24.6 Å². The molecule has 136 valence electrons. The molecule has 0 spiro atoms. The maximum Gasteiger partial charge on any atom is 0.315 e. The molecule has 2 aromatic rings. The molecule has 1 aliphatic heterocycles. The largest absolute Gasteiger partial charge is 0.419 e. The standard InChI is InChI=1S/C18H16FNO6/c19-14-5-2-12(3-6-14)10-17(21)26-16-7-4-13(11-15(16)20(22)23)18-24-8-1-9-25-18/h2-7,11,18H,1,8-10H2. The number of carbonyl (C=O) groups is 1. The Balaban J connectivity index is 1.74. The summed E-state index contributed by atoms with van der Waals surface area (Å²) in [5.41, 5.74) is 0.669. The second-order valence-corrected chi connectivity index (χ2v) is 5.69. The number of rotatable bonds is 5. The van der Waals surface area contributed by atoms with Crippen molar-refractivity contribution in [1.82, 2.24) is 0 Å². The van der Waals surface area contributed by atoms with Crippen LogP contribution in [0.15, 0.2) is 42.5 Å². The summed E-state index contributed by atoms with van der Waals surface area (Å²) in [4.78, 5) is 22.7. The second-order valence-electron chi connectivity index (χ2n) is 5.69. The van der Waals surface area contributed by atoms with Crippen LogP contribution in [0.5, 0.6) is 5.75 Å². The molecule has 1 fully saturated rings. The fourth-order valence-electron chi connectivity index (χ4n) is 2.52. The van der Waals surface area contributed by atoms with Crippen molar-refractivity contribution in [2.45, 2.75) is 19.1 Å². The molecule has 0 atom stereocenters. The Labute approximate surface area is 148 Å². The van der Waals surface area contributed by atoms with Crippen molar-refractivity contribution in [2.24, 2.45) is 0 Å². The SMILES string of the molecule is O=C(Cc1ccc(F)cc1)Oc1ccc(C2OCCCO2)cc1[N+](=O)[O-]. The van der Waals surface area contributed by atoms with Gasteiger partial charge >= 0.3 is 11.7 Å². The van der Waals surface area contributed by atoms with Crippen LogP contribution in [0.2, 0.25) is 0 Å². The minimum absolute atomic E-state index is 0.131. The summed E-state index contributed by atoms with van der Waals surface area (Å²) < 4.78 is 28.9. The van der Waals surface area contributed by atoms with Crippen molar-refractivity contribution in [3.63, 3.8) is 0 Å². The number of benzene rings is 2. The van der Waals surface area contributed by atoms with Crippen LogP contribution in [0.25, 0.3) is 0 Å². The Morgan fingerprint density at radius 2 is 1.88 bits per heavy atom. The van der Waals surface area contributed by atoms with Crippen molar-refractivity contribution >= 4 is 11.7 Å². The van der Waals surface area contributed by atoms with Crippen LogP contribution in [0.4, 0.5) is 10.1 Å². The number of nitro groups is 1. The van der Waals surface area contributed by atoms with Crippen LogP contribution < -0.4 is 4.74 Å². The molecule has 3 rings (SSSR count). The number of carbonyl (C=O) groups excluding carboxylic acids is 1. The highest BCUT2D eigenvalue weighted by Crippen LogP contribution is 2.33. The summed E-state index contributed by atoms with van der Waals surface area (Å²) >= 11 is 0. The normalized spacial score (nSPS) is 14.8. The van der Waals surface area contributed by atoms with E-state index < -0.39 is 23.0 Å². The van der Waals surface area contributed by atoms with Crippen LogP contribution in [-0.4, -0.2) is 24.1 Å². The first kappa shape index (κ1) is 18.0. The van der Waals surface area contributed by atoms with Crippen molar-refractivity contribution < 1.29 is 28.3 Å². The molecule has 0 radical (unpaired) electrons. The van der Waals surface area contributed by atoms with Crippen molar-refractivity contribution in [1.29, 1.82) is 0 Å². The highest BCUT2D eigenvalue weighted by atomic mass is 19.1. The zero-order chi connectivity index (χ0) is 18.5. The van der Waals surface area contributed by atoms with E-state index >= 15 is 0 Å². The van der Waals surface area contributed by atoms with Crippen LogP contribution in [0.1, 0.15) is 23.8 Å². The van der Waals surface area contributed by atoms with Gasteiger partial charge in [0.15, 0.2) is 6.29 Å². The molecule has 1 aliphatic rings. The van der Waals surface area contributed by atoms with Gasteiger partial charge in [0.2, 0.25) is 5.75 Å². The number of nitrogens with zero attached hydrogens (tertiary/aromatic N) is 1. The van der Waals surface area contributed by atoms with E-state index in [-0.39, 0.29) is 17.9 Å². The van der Waals surface area contributed by atoms with Crippen LogP contribution >= 0.6 is 0 Å². The number of ether oxygens (including phenoxy) is 3. The zero-order valence-electron chi connectivity index (χ0n) is 13.7. The Bertz CT molecular complexity index is 802. The highest BCUT2D eigenvalue weighted by Gasteiger charge is 2.24. The molecule has 1 saturated heterocycles. The fraction of sp³-hybridized carbons (Fsp3) is 0.278. The highest BCUT2D eigenvalue weighted by molar-refractivity contribution is 5.76. The van der Waals surface area contributed by atoms with Gasteiger partial charge in [0.1, 0.15) is 5.82 Å². The number of esters is 1. The third kappa shape index (κ3) is 4.41. The fourth-order valence-corrected chi connectivity index (χ4v) is 2.52. The number of hydrogen-bond donors (Lipinski definition) is 0. The summed E-state index contributed by atoms with van der Waals surface area (Å²) in [7, 11) is 0. The quantitative estimate of drug-likeness (QED) is 0.351. The Morgan fingerprint density at radius 3 is 2.54 bits per heavy atom. The van der Waals surface area contributed by atoms with Crippen molar-refractivity contribution in [3.8, 4) is 5.75 Å². The van der Waals surface area contributed by atoms with Crippen LogP contribution in [0, 0.1) is 15.9 Å². The summed E-state index contributed by atoms with van der Waals surface area (Å²) in [6.07, 6.45) is -0.0440. The Morgan fingerprint density at radius 1 is 1.19 bits per heavy atom. The molecule has 0 aliphatic carbocycles. The Hall–Kier alpha value is -2.84. The number of nitro benzene ring substituents is 1. The summed E-state index contributed by atoms with van der Waals surface area (Å²) in [6.45, 7) is 1.01. The summed E-state index contributed by atoms with van der Waals surface area (Å²) in [5.74, 6) is -1.26. The van der Waals surface area contributed by atoms with Gasteiger partial charge in [-0.25, -0.2) is 4.39 Å². The lowest BCUT2D eigenvalue weighted by molar-refractivity contribution is -0.385. The third-order valence-corrected chi connectivity index (χ3v) is 3.76. The first-order valence-electron chi connectivity index (χ1n) is 7.99. The van der Waals surface area contributed by atoms with Crippen molar-refractivity contribution in [3.05, 3.63) is 69.5 Å². The van der Waals surface area contributed by atoms with Gasteiger partial charge in [-0.2, -0.15) is 0 Å². The van der Waals surface area contributed by atoms with Gasteiger partial charge in [-0.15, -0.1) is 0 Å². The molecule has 8 heteroatoms. The first-order chi connectivity index (χ1) is 12.5. The van der Waals surface area contributed by atoms with E-state index in [0.717, 1.165) is 6.42 Å². The van der Waals surface area contributed by atoms with Gasteiger partial charge in [-0.05, 0) is 36.2 Å². The lowest BCUT2D eigenvalue weighted by Gasteiger charge is -2.23. The van der Waals surface area contributed by atoms with Gasteiger partial charge in [0, 0.05) is 11.6 Å². The molecule has 26 heavy (non-hydrogen) atoms. The smallest absolute Gasteiger partial charge is 0.315 e. The monoisotopic (exact) mass is 361 g/mol. The molecule has 0 amide bonds. The molecule has 2 aromatic carbocycles. The van der Waals surface area contributed by atoms with E-state index in [1.54, 1.807) is 6.07 Å². The molecule has 7 nitrogen and oxygen atoms in total. The average Bonchev–Trinajstić information content (AvgIpc) is 2.64. The van der Waals surface area contributed by atoms with Gasteiger partial charge in [-0.3, -0.25) is 14.9 Å². The molecular weight excluding hydrogens is 345 g/mol. The van der Waals surface area contributed by atoms with Crippen LogP contribution in [-0.2, 0) is 20.7 Å². The Kier molecular flexibility index (Phi) is 5.55. The zero-order valence-corrected chi connectivity index (χ0v) is 13.7. The molecule has 0 bridgehead atoms. The maximum absolute atomic E-state index is 12.9. The molecular formula is C18H16FNO6.